The van der Waals surface area contributed by atoms with Crippen molar-refractivity contribution in [3.8, 4) is 11.1 Å². The number of hydrogen-bond donors (Lipinski definition) is 1. The summed E-state index contributed by atoms with van der Waals surface area (Å²) in [6.45, 7) is 0.819. The van der Waals surface area contributed by atoms with Crippen LogP contribution in [0.25, 0.3) is 11.1 Å². The van der Waals surface area contributed by atoms with Crippen LogP contribution in [0.3, 0.4) is 0 Å². The highest BCUT2D eigenvalue weighted by Crippen LogP contribution is 2.29. The average Bonchev–Trinajstić information content (AvgIpc) is 3.22. The maximum atomic E-state index is 12.4. The quantitative estimate of drug-likeness (QED) is 0.876. The number of carbonyl (C=O) groups is 2. The highest BCUT2D eigenvalue weighted by Gasteiger charge is 2.28. The van der Waals surface area contributed by atoms with Gasteiger partial charge in [0.2, 0.25) is 0 Å². The molecule has 0 spiro atoms. The second-order valence-electron chi connectivity index (χ2n) is 5.46. The molecule has 1 fully saturated rings. The molecule has 1 aromatic heterocycles. The van der Waals surface area contributed by atoms with Gasteiger partial charge in [0.1, 0.15) is 11.5 Å². The molecule has 2 aromatic rings. The monoisotopic (exact) mass is 330 g/mol. The number of benzene rings is 1. The first kappa shape index (κ1) is 15.6. The molecular formula is C17H18N2O3S. The van der Waals surface area contributed by atoms with Crippen LogP contribution in [0.4, 0.5) is 4.79 Å². The van der Waals surface area contributed by atoms with Crippen LogP contribution in [0.5, 0.6) is 0 Å². The molecule has 3 rings (SSSR count). The maximum Gasteiger partial charge on any atom is 0.349 e. The summed E-state index contributed by atoms with van der Waals surface area (Å²) in [5.41, 5.74) is 7.20. The van der Waals surface area contributed by atoms with Crippen LogP contribution in [0.2, 0.25) is 0 Å². The molecule has 1 aliphatic rings. The molecule has 1 saturated heterocycles. The molecule has 2 N–H and O–H groups in total. The molecule has 0 aliphatic carbocycles. The molecule has 5 nitrogen and oxygen atoms in total. The molecule has 2 amide bonds. The van der Waals surface area contributed by atoms with Gasteiger partial charge in [0.25, 0.3) is 0 Å². The first-order chi connectivity index (χ1) is 11.2. The summed E-state index contributed by atoms with van der Waals surface area (Å²) in [6, 6.07) is 11.1. The smallest absolute Gasteiger partial charge is 0.349 e. The molecule has 1 aliphatic heterocycles. The van der Waals surface area contributed by atoms with Crippen LogP contribution in [-0.2, 0) is 4.74 Å². The minimum Gasteiger partial charge on any atom is -0.459 e. The summed E-state index contributed by atoms with van der Waals surface area (Å²) in [6.07, 6.45) is 1.70. The fourth-order valence-corrected chi connectivity index (χ4v) is 3.66. The van der Waals surface area contributed by atoms with Crippen molar-refractivity contribution >= 4 is 23.3 Å². The molecule has 1 atom stereocenters. The predicted molar refractivity (Wildman–Crippen MR) is 89.3 cm³/mol. The van der Waals surface area contributed by atoms with Gasteiger partial charge in [-0.25, -0.2) is 9.59 Å². The first-order valence-corrected chi connectivity index (χ1v) is 8.41. The molecular weight excluding hydrogens is 312 g/mol. The normalized spacial score (nSPS) is 17.2. The minimum atomic E-state index is -0.454. The Hall–Kier alpha value is -2.34. The van der Waals surface area contributed by atoms with Gasteiger partial charge in [0.05, 0.1) is 6.04 Å². The van der Waals surface area contributed by atoms with E-state index in [1.165, 1.54) is 11.3 Å². The van der Waals surface area contributed by atoms with Gasteiger partial charge in [-0.3, -0.25) is 0 Å². The van der Waals surface area contributed by atoms with Crippen molar-refractivity contribution in [1.29, 1.82) is 0 Å². The number of nitrogens with zero attached hydrogens (tertiary/aromatic N) is 1. The largest absolute Gasteiger partial charge is 0.459 e. The summed E-state index contributed by atoms with van der Waals surface area (Å²) in [4.78, 5) is 25.9. The third kappa shape index (κ3) is 3.37. The van der Waals surface area contributed by atoms with Crippen molar-refractivity contribution in [3.05, 3.63) is 46.7 Å². The second kappa shape index (κ2) is 6.83. The lowest BCUT2D eigenvalue weighted by Crippen LogP contribution is -2.41. The Morgan fingerprint density at radius 3 is 2.78 bits per heavy atom. The molecule has 6 heteroatoms. The number of thiophene rings is 1. The van der Waals surface area contributed by atoms with E-state index in [1.54, 1.807) is 4.90 Å². The van der Waals surface area contributed by atoms with Crippen molar-refractivity contribution in [2.24, 2.45) is 5.73 Å². The zero-order valence-electron chi connectivity index (χ0n) is 12.6. The third-order valence-electron chi connectivity index (χ3n) is 4.00. The van der Waals surface area contributed by atoms with Crippen LogP contribution in [0.1, 0.15) is 22.5 Å². The zero-order valence-corrected chi connectivity index (χ0v) is 13.4. The number of rotatable bonds is 4. The fourth-order valence-electron chi connectivity index (χ4n) is 2.85. The molecule has 0 bridgehead atoms. The first-order valence-electron chi connectivity index (χ1n) is 7.53. The number of carbonyl (C=O) groups excluding carboxylic acids is 2. The summed E-state index contributed by atoms with van der Waals surface area (Å²) < 4.78 is 5.43. The highest BCUT2D eigenvalue weighted by atomic mass is 32.1. The minimum absolute atomic E-state index is 0.114. The fraction of sp³-hybridized carbons (Fsp3) is 0.294. The van der Waals surface area contributed by atoms with Gasteiger partial charge in [-0.05, 0) is 29.9 Å². The molecule has 0 radical (unpaired) electrons. The van der Waals surface area contributed by atoms with Gasteiger partial charge in [-0.2, -0.15) is 0 Å². The van der Waals surface area contributed by atoms with Crippen LogP contribution in [-0.4, -0.2) is 36.1 Å². The Balaban J connectivity index is 1.68. The van der Waals surface area contributed by atoms with E-state index in [9.17, 15) is 9.59 Å². The van der Waals surface area contributed by atoms with Crippen molar-refractivity contribution in [2.75, 3.05) is 13.2 Å². The lowest BCUT2D eigenvalue weighted by Gasteiger charge is -2.22. The summed E-state index contributed by atoms with van der Waals surface area (Å²) >= 11 is 1.36. The number of ether oxygens (including phenoxy) is 1. The number of esters is 1. The van der Waals surface area contributed by atoms with Gasteiger partial charge in [0.15, 0.2) is 0 Å². The number of nitrogens with two attached hydrogens (primary N) is 1. The lowest BCUT2D eigenvalue weighted by molar-refractivity contribution is 0.0428. The number of primary amides is 1. The zero-order chi connectivity index (χ0) is 16.2. The van der Waals surface area contributed by atoms with Crippen LogP contribution < -0.4 is 5.73 Å². The Morgan fingerprint density at radius 2 is 2.04 bits per heavy atom. The van der Waals surface area contributed by atoms with E-state index in [0.717, 1.165) is 24.0 Å². The lowest BCUT2D eigenvalue weighted by atomic mass is 10.1. The number of hydrogen-bond acceptors (Lipinski definition) is 4. The SMILES string of the molecule is NC(=O)N1CCC[C@@H]1COC(=O)c1sccc1-c1ccccc1. The van der Waals surface area contributed by atoms with E-state index < -0.39 is 6.03 Å². The molecule has 0 unspecified atom stereocenters. The molecule has 1 aromatic carbocycles. The number of likely N-dealkylation sites (tertiary alicyclic amines) is 1. The van der Waals surface area contributed by atoms with Crippen LogP contribution in [0, 0.1) is 0 Å². The third-order valence-corrected chi connectivity index (χ3v) is 4.90. The highest BCUT2D eigenvalue weighted by molar-refractivity contribution is 7.12. The summed E-state index contributed by atoms with van der Waals surface area (Å²) in [7, 11) is 0. The predicted octanol–water partition coefficient (Wildman–Crippen LogP) is 3.12. The van der Waals surface area contributed by atoms with Crippen molar-refractivity contribution in [1.82, 2.24) is 4.90 Å². The van der Waals surface area contributed by atoms with E-state index in [-0.39, 0.29) is 18.6 Å². The van der Waals surface area contributed by atoms with E-state index in [0.29, 0.717) is 11.4 Å². The summed E-state index contributed by atoms with van der Waals surface area (Å²) in [5.74, 6) is -0.352. The molecule has 0 saturated carbocycles. The average molecular weight is 330 g/mol. The topological polar surface area (TPSA) is 72.6 Å². The second-order valence-corrected chi connectivity index (χ2v) is 6.37. The van der Waals surface area contributed by atoms with Gasteiger partial charge in [-0.1, -0.05) is 30.3 Å². The van der Waals surface area contributed by atoms with Crippen molar-refractivity contribution in [3.63, 3.8) is 0 Å². The Labute approximate surface area is 138 Å². The molecule has 23 heavy (non-hydrogen) atoms. The van der Waals surface area contributed by atoms with Crippen LogP contribution >= 0.6 is 11.3 Å². The van der Waals surface area contributed by atoms with E-state index in [4.69, 9.17) is 10.5 Å². The van der Waals surface area contributed by atoms with E-state index in [1.807, 2.05) is 41.8 Å². The number of urea groups is 1. The summed E-state index contributed by atoms with van der Waals surface area (Å²) in [5, 5.41) is 1.88. The molecule has 2 heterocycles. The number of amides is 2. The standard InChI is InChI=1S/C17H18N2O3S/c18-17(21)19-9-4-7-13(19)11-22-16(20)15-14(8-10-23-15)12-5-2-1-3-6-12/h1-3,5-6,8,10,13H,4,7,9,11H2,(H2,18,21)/t13-/m1/s1. The molecule has 120 valence electrons. The Kier molecular flexibility index (Phi) is 4.62. The Morgan fingerprint density at radius 1 is 1.26 bits per heavy atom. The van der Waals surface area contributed by atoms with Gasteiger partial charge < -0.3 is 15.4 Å². The van der Waals surface area contributed by atoms with Crippen LogP contribution in [0.15, 0.2) is 41.8 Å². The van der Waals surface area contributed by atoms with Gasteiger partial charge >= 0.3 is 12.0 Å². The van der Waals surface area contributed by atoms with E-state index in [2.05, 4.69) is 0 Å². The van der Waals surface area contributed by atoms with Gasteiger partial charge in [-0.15, -0.1) is 11.3 Å². The van der Waals surface area contributed by atoms with Crippen molar-refractivity contribution < 1.29 is 14.3 Å². The van der Waals surface area contributed by atoms with Gasteiger partial charge in [0, 0.05) is 12.1 Å². The van der Waals surface area contributed by atoms with Crippen molar-refractivity contribution in [2.45, 2.75) is 18.9 Å². The van der Waals surface area contributed by atoms with E-state index >= 15 is 0 Å². The maximum absolute atomic E-state index is 12.4. The Bertz CT molecular complexity index is 699.